The number of rotatable bonds is 2. The molecule has 3 nitrogen and oxygen atoms in total. The van der Waals surface area contributed by atoms with E-state index < -0.39 is 0 Å². The molecule has 0 spiro atoms. The summed E-state index contributed by atoms with van der Waals surface area (Å²) in [5.74, 6) is 0. The Balaban J connectivity index is 1.86. The molecule has 1 aliphatic heterocycles. The second-order valence-corrected chi connectivity index (χ2v) is 5.54. The summed E-state index contributed by atoms with van der Waals surface area (Å²) in [4.78, 5) is 0. The maximum atomic E-state index is 5.38. The maximum Gasteiger partial charge on any atom is 0.0659 e. The fourth-order valence-corrected chi connectivity index (χ4v) is 3.00. The predicted molar refractivity (Wildman–Crippen MR) is 91.4 cm³/mol. The van der Waals surface area contributed by atoms with E-state index in [2.05, 4.69) is 64.7 Å². The normalized spacial score (nSPS) is 15.9. The SMILES string of the molecule is C(=NN1CCOCC1)c1c2ccccc2cc2ccccc12. The van der Waals surface area contributed by atoms with Crippen molar-refractivity contribution < 1.29 is 4.74 Å². The molecule has 0 bridgehead atoms. The maximum absolute atomic E-state index is 5.38. The fraction of sp³-hybridized carbons (Fsp3) is 0.211. The van der Waals surface area contributed by atoms with E-state index in [0.29, 0.717) is 0 Å². The molecule has 0 N–H and O–H groups in total. The molecule has 3 heteroatoms. The van der Waals surface area contributed by atoms with Gasteiger partial charge in [-0.05, 0) is 27.6 Å². The van der Waals surface area contributed by atoms with Gasteiger partial charge in [-0.2, -0.15) is 5.10 Å². The van der Waals surface area contributed by atoms with Gasteiger partial charge in [-0.3, -0.25) is 5.01 Å². The molecule has 0 amide bonds. The Hall–Kier alpha value is -2.39. The molecule has 0 aromatic heterocycles. The summed E-state index contributed by atoms with van der Waals surface area (Å²) in [6.45, 7) is 3.24. The van der Waals surface area contributed by atoms with Gasteiger partial charge in [0.05, 0.1) is 32.5 Å². The summed E-state index contributed by atoms with van der Waals surface area (Å²) in [5.41, 5.74) is 1.19. The van der Waals surface area contributed by atoms with Crippen molar-refractivity contribution >= 4 is 27.8 Å². The molecule has 0 aliphatic carbocycles. The number of hydrogen-bond donors (Lipinski definition) is 0. The number of hydrazone groups is 1. The smallest absolute Gasteiger partial charge is 0.0659 e. The van der Waals surface area contributed by atoms with Gasteiger partial charge in [0.25, 0.3) is 0 Å². The van der Waals surface area contributed by atoms with E-state index in [0.717, 1.165) is 26.3 Å². The van der Waals surface area contributed by atoms with Gasteiger partial charge >= 0.3 is 0 Å². The second kappa shape index (κ2) is 5.78. The Labute approximate surface area is 129 Å². The molecular formula is C19H18N2O. The number of morpholine rings is 1. The third-order valence-corrected chi connectivity index (χ3v) is 4.15. The second-order valence-electron chi connectivity index (χ2n) is 5.54. The van der Waals surface area contributed by atoms with Crippen molar-refractivity contribution in [3.63, 3.8) is 0 Å². The molecule has 3 aromatic rings. The van der Waals surface area contributed by atoms with Gasteiger partial charge in [0, 0.05) is 5.56 Å². The summed E-state index contributed by atoms with van der Waals surface area (Å²) in [7, 11) is 0. The standard InChI is InChI=1S/C19H18N2O/c1-3-7-17-15(5-1)13-16-6-2-4-8-18(16)19(17)14-20-21-9-11-22-12-10-21/h1-8,13-14H,9-12H2. The highest BCUT2D eigenvalue weighted by Crippen LogP contribution is 2.27. The molecular weight excluding hydrogens is 272 g/mol. The lowest BCUT2D eigenvalue weighted by molar-refractivity contribution is 0.0397. The first-order chi connectivity index (χ1) is 10.9. The van der Waals surface area contributed by atoms with E-state index in [1.54, 1.807) is 0 Å². The molecule has 0 saturated carbocycles. The van der Waals surface area contributed by atoms with Crippen LogP contribution in [0, 0.1) is 0 Å². The largest absolute Gasteiger partial charge is 0.378 e. The summed E-state index contributed by atoms with van der Waals surface area (Å²) < 4.78 is 5.38. The van der Waals surface area contributed by atoms with Crippen molar-refractivity contribution in [2.75, 3.05) is 26.3 Å². The zero-order valence-corrected chi connectivity index (χ0v) is 12.4. The van der Waals surface area contributed by atoms with Crippen LogP contribution in [0.5, 0.6) is 0 Å². The lowest BCUT2D eigenvalue weighted by Gasteiger charge is -2.23. The van der Waals surface area contributed by atoms with Crippen LogP contribution in [0.25, 0.3) is 21.5 Å². The van der Waals surface area contributed by atoms with E-state index in [1.807, 2.05) is 6.21 Å². The van der Waals surface area contributed by atoms with Gasteiger partial charge in [-0.25, -0.2) is 0 Å². The van der Waals surface area contributed by atoms with Crippen LogP contribution in [0.3, 0.4) is 0 Å². The monoisotopic (exact) mass is 290 g/mol. The Morgan fingerprint density at radius 1 is 0.864 bits per heavy atom. The van der Waals surface area contributed by atoms with E-state index in [9.17, 15) is 0 Å². The van der Waals surface area contributed by atoms with Crippen molar-refractivity contribution in [1.29, 1.82) is 0 Å². The van der Waals surface area contributed by atoms with Gasteiger partial charge in [0.15, 0.2) is 0 Å². The third-order valence-electron chi connectivity index (χ3n) is 4.15. The highest BCUT2D eigenvalue weighted by Gasteiger charge is 2.08. The number of benzene rings is 3. The van der Waals surface area contributed by atoms with Crippen LogP contribution in [0.15, 0.2) is 59.7 Å². The van der Waals surface area contributed by atoms with E-state index in [-0.39, 0.29) is 0 Å². The minimum Gasteiger partial charge on any atom is -0.378 e. The summed E-state index contributed by atoms with van der Waals surface area (Å²) in [6, 6.07) is 19.2. The van der Waals surface area contributed by atoms with Crippen LogP contribution in [-0.4, -0.2) is 37.5 Å². The minimum atomic E-state index is 0.758. The predicted octanol–water partition coefficient (Wildman–Crippen LogP) is 3.66. The van der Waals surface area contributed by atoms with E-state index in [1.165, 1.54) is 27.1 Å². The van der Waals surface area contributed by atoms with E-state index >= 15 is 0 Å². The number of fused-ring (bicyclic) bond motifs is 2. The molecule has 4 rings (SSSR count). The van der Waals surface area contributed by atoms with Crippen LogP contribution in [0.1, 0.15) is 5.56 Å². The highest BCUT2D eigenvalue weighted by atomic mass is 16.5. The average molecular weight is 290 g/mol. The number of nitrogens with zero attached hydrogens (tertiary/aromatic N) is 2. The van der Waals surface area contributed by atoms with Crippen LogP contribution in [-0.2, 0) is 4.74 Å². The van der Waals surface area contributed by atoms with Crippen LogP contribution in [0.4, 0.5) is 0 Å². The average Bonchev–Trinajstić information content (AvgIpc) is 2.59. The third kappa shape index (κ3) is 2.44. The van der Waals surface area contributed by atoms with Crippen molar-refractivity contribution in [2.45, 2.75) is 0 Å². The number of hydrogen-bond acceptors (Lipinski definition) is 3. The Morgan fingerprint density at radius 2 is 1.45 bits per heavy atom. The van der Waals surface area contributed by atoms with Gasteiger partial charge < -0.3 is 4.74 Å². The van der Waals surface area contributed by atoms with Crippen LogP contribution in [0.2, 0.25) is 0 Å². The Kier molecular flexibility index (Phi) is 3.49. The van der Waals surface area contributed by atoms with Gasteiger partial charge in [0.1, 0.15) is 0 Å². The Morgan fingerprint density at radius 3 is 2.09 bits per heavy atom. The molecule has 1 fully saturated rings. The van der Waals surface area contributed by atoms with Crippen LogP contribution < -0.4 is 0 Å². The highest BCUT2D eigenvalue weighted by molar-refractivity contribution is 6.13. The quantitative estimate of drug-likeness (QED) is 0.531. The summed E-state index contributed by atoms with van der Waals surface area (Å²) in [5, 5.41) is 11.8. The molecule has 0 atom stereocenters. The molecule has 1 saturated heterocycles. The van der Waals surface area contributed by atoms with Crippen molar-refractivity contribution in [1.82, 2.24) is 5.01 Å². The first-order valence-corrected chi connectivity index (χ1v) is 7.69. The summed E-state index contributed by atoms with van der Waals surface area (Å²) in [6.07, 6.45) is 2.01. The molecule has 22 heavy (non-hydrogen) atoms. The first-order valence-electron chi connectivity index (χ1n) is 7.69. The molecule has 0 unspecified atom stereocenters. The van der Waals surface area contributed by atoms with Crippen molar-refractivity contribution in [3.8, 4) is 0 Å². The minimum absolute atomic E-state index is 0.758. The molecule has 110 valence electrons. The van der Waals surface area contributed by atoms with Crippen LogP contribution >= 0.6 is 0 Å². The van der Waals surface area contributed by atoms with Gasteiger partial charge in [0.2, 0.25) is 0 Å². The lowest BCUT2D eigenvalue weighted by Crippen LogP contribution is -2.32. The lowest BCUT2D eigenvalue weighted by atomic mass is 9.97. The van der Waals surface area contributed by atoms with E-state index in [4.69, 9.17) is 4.74 Å². The van der Waals surface area contributed by atoms with Crippen molar-refractivity contribution in [2.24, 2.45) is 5.10 Å². The molecule has 1 heterocycles. The van der Waals surface area contributed by atoms with Gasteiger partial charge in [-0.1, -0.05) is 48.5 Å². The zero-order chi connectivity index (χ0) is 14.8. The zero-order valence-electron chi connectivity index (χ0n) is 12.4. The molecule has 3 aromatic carbocycles. The summed E-state index contributed by atoms with van der Waals surface area (Å²) >= 11 is 0. The van der Waals surface area contributed by atoms with Gasteiger partial charge in [-0.15, -0.1) is 0 Å². The Bertz CT molecular complexity index is 781. The first kappa shape index (κ1) is 13.3. The number of ether oxygens (including phenoxy) is 1. The molecule has 0 radical (unpaired) electrons. The van der Waals surface area contributed by atoms with Crippen molar-refractivity contribution in [3.05, 3.63) is 60.2 Å². The fourth-order valence-electron chi connectivity index (χ4n) is 3.00. The topological polar surface area (TPSA) is 24.8 Å². The molecule has 1 aliphatic rings.